The number of carbonyl (C=O) groups is 1. The van der Waals surface area contributed by atoms with E-state index < -0.39 is 16.8 Å². The van der Waals surface area contributed by atoms with Crippen molar-refractivity contribution in [2.45, 2.75) is 44.8 Å². The van der Waals surface area contributed by atoms with E-state index in [0.717, 1.165) is 16.8 Å². The fourth-order valence-corrected chi connectivity index (χ4v) is 5.34. The highest BCUT2D eigenvalue weighted by atomic mass is 19.1. The molecule has 0 saturated heterocycles. The lowest BCUT2D eigenvalue weighted by molar-refractivity contribution is -0.124. The molecule has 0 saturated carbocycles. The second-order valence-corrected chi connectivity index (χ2v) is 9.36. The van der Waals surface area contributed by atoms with Crippen LogP contribution in [-0.2, 0) is 16.8 Å². The van der Waals surface area contributed by atoms with Crippen molar-refractivity contribution in [3.8, 4) is 17.6 Å². The van der Waals surface area contributed by atoms with E-state index in [0.29, 0.717) is 30.1 Å². The van der Waals surface area contributed by atoms with Crippen molar-refractivity contribution in [3.05, 3.63) is 88.7 Å². The van der Waals surface area contributed by atoms with Gasteiger partial charge >= 0.3 is 0 Å². The summed E-state index contributed by atoms with van der Waals surface area (Å²) in [6.07, 6.45) is 0.460. The van der Waals surface area contributed by atoms with Crippen LogP contribution < -0.4 is 14.4 Å². The highest BCUT2D eigenvalue weighted by Gasteiger charge is 2.58. The van der Waals surface area contributed by atoms with Crippen molar-refractivity contribution in [2.75, 3.05) is 11.5 Å². The first kappa shape index (κ1) is 22.0. The Bertz CT molecular complexity index is 1340. The Morgan fingerprint density at radius 3 is 2.68 bits per heavy atom. The lowest BCUT2D eigenvalue weighted by atomic mass is 9.67. The Kier molecular flexibility index (Phi) is 5.09. The maximum Gasteiger partial charge on any atom is 0.242 e. The van der Waals surface area contributed by atoms with Crippen LogP contribution in [-0.4, -0.2) is 18.1 Å². The monoisotopic (exact) mass is 456 g/mol. The van der Waals surface area contributed by atoms with Gasteiger partial charge in [0.1, 0.15) is 28.3 Å². The predicted molar refractivity (Wildman–Crippen MR) is 126 cm³/mol. The summed E-state index contributed by atoms with van der Waals surface area (Å²) in [6.45, 7) is 6.59. The minimum absolute atomic E-state index is 0.0799. The number of anilines is 1. The second kappa shape index (κ2) is 7.88. The summed E-state index contributed by atoms with van der Waals surface area (Å²) < 4.78 is 25.7. The van der Waals surface area contributed by atoms with Gasteiger partial charge in [-0.1, -0.05) is 30.3 Å². The van der Waals surface area contributed by atoms with E-state index in [1.54, 1.807) is 11.0 Å². The number of amides is 1. The number of nitriles is 1. The van der Waals surface area contributed by atoms with Crippen molar-refractivity contribution in [1.82, 2.24) is 0 Å². The van der Waals surface area contributed by atoms with Gasteiger partial charge in [0.25, 0.3) is 0 Å². The third-order valence-corrected chi connectivity index (χ3v) is 6.59. The number of fused-ring (bicyclic) bond motifs is 4. The van der Waals surface area contributed by atoms with Crippen molar-refractivity contribution in [2.24, 2.45) is 0 Å². The van der Waals surface area contributed by atoms with Crippen LogP contribution in [0.2, 0.25) is 0 Å². The topological polar surface area (TPSA) is 62.6 Å². The summed E-state index contributed by atoms with van der Waals surface area (Å²) in [5.41, 5.74) is 1.77. The van der Waals surface area contributed by atoms with E-state index in [2.05, 4.69) is 6.07 Å². The minimum Gasteiger partial charge on any atom is -0.494 e. The number of hydrogen-bond donors (Lipinski definition) is 0. The Balaban J connectivity index is 1.68. The van der Waals surface area contributed by atoms with Gasteiger partial charge < -0.3 is 14.4 Å². The van der Waals surface area contributed by atoms with Gasteiger partial charge in [0.15, 0.2) is 0 Å². The number of carbonyl (C=O) groups excluding carboxylic acids is 1. The minimum atomic E-state index is -0.939. The van der Waals surface area contributed by atoms with E-state index in [4.69, 9.17) is 9.47 Å². The number of rotatable bonds is 4. The fraction of sp³-hybridized carbons (Fsp3) is 0.286. The van der Waals surface area contributed by atoms with Gasteiger partial charge in [-0.2, -0.15) is 5.26 Å². The molecule has 2 aliphatic heterocycles. The van der Waals surface area contributed by atoms with Crippen LogP contribution in [0.4, 0.5) is 10.1 Å². The average molecular weight is 457 g/mol. The molecule has 0 aliphatic carbocycles. The summed E-state index contributed by atoms with van der Waals surface area (Å²) in [4.78, 5) is 16.1. The molecular weight excluding hydrogens is 431 g/mol. The molecule has 1 unspecified atom stereocenters. The van der Waals surface area contributed by atoms with Gasteiger partial charge in [-0.05, 0) is 56.2 Å². The van der Waals surface area contributed by atoms with E-state index in [-0.39, 0.29) is 18.0 Å². The number of ether oxygens (including phenoxy) is 2. The van der Waals surface area contributed by atoms with Crippen LogP contribution in [0.5, 0.6) is 11.5 Å². The van der Waals surface area contributed by atoms with Gasteiger partial charge in [-0.3, -0.25) is 4.79 Å². The fourth-order valence-electron chi connectivity index (χ4n) is 5.34. The molecule has 5 rings (SSSR count). The van der Waals surface area contributed by atoms with Crippen molar-refractivity contribution in [3.63, 3.8) is 0 Å². The number of halogens is 1. The average Bonchev–Trinajstić information content (AvgIpc) is 3.02. The SMILES string of the molecule is CCOc1ccc2c(c1)OC(C)(C)CC21C(=O)N(Cc2ccc(F)cc2C#N)c2ccccc21. The molecule has 5 nitrogen and oxygen atoms in total. The largest absolute Gasteiger partial charge is 0.494 e. The van der Waals surface area contributed by atoms with Crippen LogP contribution in [0.25, 0.3) is 0 Å². The maximum atomic E-state index is 14.4. The van der Waals surface area contributed by atoms with Crippen LogP contribution in [0.1, 0.15) is 49.4 Å². The smallest absolute Gasteiger partial charge is 0.242 e. The van der Waals surface area contributed by atoms with Crippen LogP contribution in [0, 0.1) is 17.1 Å². The molecule has 1 amide bonds. The van der Waals surface area contributed by atoms with Gasteiger partial charge in [0, 0.05) is 23.7 Å². The van der Waals surface area contributed by atoms with Gasteiger partial charge in [-0.15, -0.1) is 0 Å². The summed E-state index contributed by atoms with van der Waals surface area (Å²) in [5, 5.41) is 9.54. The number of para-hydroxylation sites is 1. The number of hydrogen-bond acceptors (Lipinski definition) is 4. The summed E-state index contributed by atoms with van der Waals surface area (Å²) in [6, 6.07) is 19.6. The molecule has 1 spiro atoms. The highest BCUT2D eigenvalue weighted by molar-refractivity contribution is 6.11. The van der Waals surface area contributed by atoms with Crippen LogP contribution >= 0.6 is 0 Å². The molecule has 2 aliphatic rings. The highest BCUT2D eigenvalue weighted by Crippen LogP contribution is 2.56. The normalized spacial score (nSPS) is 19.9. The zero-order valence-electron chi connectivity index (χ0n) is 19.4. The van der Waals surface area contributed by atoms with E-state index in [1.165, 1.54) is 12.1 Å². The lowest BCUT2D eigenvalue weighted by Crippen LogP contribution is -2.50. The first-order chi connectivity index (χ1) is 16.3. The van der Waals surface area contributed by atoms with Gasteiger partial charge in [0.05, 0.1) is 24.8 Å². The first-order valence-corrected chi connectivity index (χ1v) is 11.4. The van der Waals surface area contributed by atoms with E-state index in [9.17, 15) is 14.4 Å². The molecule has 0 aromatic heterocycles. The predicted octanol–water partition coefficient (Wildman–Crippen LogP) is 5.49. The molecular formula is C28H25FN2O3. The molecule has 2 heterocycles. The summed E-state index contributed by atoms with van der Waals surface area (Å²) in [7, 11) is 0. The molecule has 0 fully saturated rings. The molecule has 34 heavy (non-hydrogen) atoms. The first-order valence-electron chi connectivity index (χ1n) is 11.4. The second-order valence-electron chi connectivity index (χ2n) is 9.36. The van der Waals surface area contributed by atoms with E-state index >= 15 is 0 Å². The Hall–Kier alpha value is -3.85. The van der Waals surface area contributed by atoms with Gasteiger partial charge in [-0.25, -0.2) is 4.39 Å². The quantitative estimate of drug-likeness (QED) is 0.521. The van der Waals surface area contributed by atoms with Gasteiger partial charge in [0.2, 0.25) is 5.91 Å². The van der Waals surface area contributed by atoms with E-state index in [1.807, 2.05) is 63.2 Å². The lowest BCUT2D eigenvalue weighted by Gasteiger charge is -2.43. The third kappa shape index (κ3) is 3.31. The number of nitrogens with zero attached hydrogens (tertiary/aromatic N) is 2. The Morgan fingerprint density at radius 1 is 1.12 bits per heavy atom. The van der Waals surface area contributed by atoms with Crippen molar-refractivity contribution in [1.29, 1.82) is 5.26 Å². The zero-order chi connectivity index (χ0) is 24.1. The van der Waals surface area contributed by atoms with Crippen molar-refractivity contribution >= 4 is 11.6 Å². The maximum absolute atomic E-state index is 14.4. The zero-order valence-corrected chi connectivity index (χ0v) is 19.4. The molecule has 3 aromatic carbocycles. The van der Waals surface area contributed by atoms with Crippen LogP contribution in [0.3, 0.4) is 0 Å². The molecule has 172 valence electrons. The standard InChI is InChI=1S/C28H25FN2O3/c1-4-33-21-11-12-23-25(14-21)34-27(2,3)17-28(23)22-7-5-6-8-24(22)31(26(28)32)16-18-9-10-20(29)13-19(18)15-30/h5-14H,4,16-17H2,1-3H3. The Labute approximate surface area is 198 Å². The molecule has 0 radical (unpaired) electrons. The molecule has 6 heteroatoms. The summed E-state index contributed by atoms with van der Waals surface area (Å²) in [5.74, 6) is 0.764. The molecule has 0 bridgehead atoms. The molecule has 1 atom stereocenters. The number of benzene rings is 3. The molecule has 3 aromatic rings. The Morgan fingerprint density at radius 2 is 1.91 bits per heavy atom. The molecule has 0 N–H and O–H groups in total. The third-order valence-electron chi connectivity index (χ3n) is 6.59. The van der Waals surface area contributed by atoms with Crippen LogP contribution in [0.15, 0.2) is 60.7 Å². The summed E-state index contributed by atoms with van der Waals surface area (Å²) >= 11 is 0. The van der Waals surface area contributed by atoms with Crippen molar-refractivity contribution < 1.29 is 18.7 Å².